The van der Waals surface area contributed by atoms with Gasteiger partial charge in [0.1, 0.15) is 5.82 Å². The smallest absolute Gasteiger partial charge is 0.261 e. The van der Waals surface area contributed by atoms with Crippen LogP contribution in [0.15, 0.2) is 28.8 Å². The van der Waals surface area contributed by atoms with E-state index in [2.05, 4.69) is 20.5 Å². The van der Waals surface area contributed by atoms with E-state index in [1.165, 1.54) is 23.6 Å². The van der Waals surface area contributed by atoms with E-state index in [9.17, 15) is 13.2 Å². The fourth-order valence-electron chi connectivity index (χ4n) is 1.23. The van der Waals surface area contributed by atoms with E-state index in [1.807, 2.05) is 12.3 Å². The highest BCUT2D eigenvalue weighted by molar-refractivity contribution is 7.09. The standard InChI is InChI=1S/C11H9F3N4S/c1-7-17-9(6-19-7)5-16-18-10-3-2-8(4-15-10)11(12,13)14/h2-6H,1H3,(H,15,18)/b16-5-. The molecule has 8 heteroatoms. The van der Waals surface area contributed by atoms with E-state index in [1.54, 1.807) is 0 Å². The van der Waals surface area contributed by atoms with Crippen LogP contribution < -0.4 is 5.43 Å². The van der Waals surface area contributed by atoms with Crippen LogP contribution >= 0.6 is 11.3 Å². The molecule has 0 amide bonds. The first-order valence-corrected chi connectivity index (χ1v) is 6.07. The van der Waals surface area contributed by atoms with Crippen LogP contribution in [0.2, 0.25) is 0 Å². The number of pyridine rings is 1. The molecule has 100 valence electrons. The maximum Gasteiger partial charge on any atom is 0.417 e. The molecule has 0 aliphatic rings. The van der Waals surface area contributed by atoms with Gasteiger partial charge in [-0.1, -0.05) is 0 Å². The van der Waals surface area contributed by atoms with Gasteiger partial charge in [0.15, 0.2) is 0 Å². The van der Waals surface area contributed by atoms with Crippen LogP contribution in [-0.4, -0.2) is 16.2 Å². The number of alkyl halides is 3. The van der Waals surface area contributed by atoms with E-state index >= 15 is 0 Å². The monoisotopic (exact) mass is 286 g/mol. The SMILES string of the molecule is Cc1nc(/C=N\Nc2ccc(C(F)(F)F)cn2)cs1. The second-order valence-electron chi connectivity index (χ2n) is 3.59. The van der Waals surface area contributed by atoms with Crippen LogP contribution in [0.1, 0.15) is 16.3 Å². The summed E-state index contributed by atoms with van der Waals surface area (Å²) in [5.41, 5.74) is 2.42. The number of aromatic nitrogens is 2. The van der Waals surface area contributed by atoms with Gasteiger partial charge >= 0.3 is 6.18 Å². The zero-order chi connectivity index (χ0) is 13.9. The molecule has 0 atom stereocenters. The average molecular weight is 286 g/mol. The molecule has 0 saturated heterocycles. The van der Waals surface area contributed by atoms with Crippen molar-refractivity contribution in [3.63, 3.8) is 0 Å². The molecule has 2 aromatic heterocycles. The first-order chi connectivity index (χ1) is 8.95. The summed E-state index contributed by atoms with van der Waals surface area (Å²) < 4.78 is 36.9. The van der Waals surface area contributed by atoms with Crippen LogP contribution in [0.3, 0.4) is 0 Å². The molecule has 1 N–H and O–H groups in total. The average Bonchev–Trinajstić information content (AvgIpc) is 2.75. The van der Waals surface area contributed by atoms with Crippen LogP contribution in [-0.2, 0) is 6.18 Å². The Kier molecular flexibility index (Phi) is 3.79. The van der Waals surface area contributed by atoms with Crippen LogP contribution in [0.5, 0.6) is 0 Å². The topological polar surface area (TPSA) is 50.2 Å². The summed E-state index contributed by atoms with van der Waals surface area (Å²) in [6.07, 6.45) is -2.15. The lowest BCUT2D eigenvalue weighted by Crippen LogP contribution is -2.05. The first kappa shape index (κ1) is 13.5. The lowest BCUT2D eigenvalue weighted by Gasteiger charge is -2.06. The molecule has 0 saturated carbocycles. The van der Waals surface area contributed by atoms with E-state index in [0.717, 1.165) is 17.3 Å². The van der Waals surface area contributed by atoms with Gasteiger partial charge in [0.05, 0.1) is 22.5 Å². The molecule has 0 bridgehead atoms. The third kappa shape index (κ3) is 3.75. The van der Waals surface area contributed by atoms with E-state index in [-0.39, 0.29) is 5.82 Å². The van der Waals surface area contributed by atoms with Gasteiger partial charge in [-0.15, -0.1) is 11.3 Å². The Morgan fingerprint density at radius 1 is 1.37 bits per heavy atom. The van der Waals surface area contributed by atoms with Crippen molar-refractivity contribution in [2.24, 2.45) is 5.10 Å². The minimum absolute atomic E-state index is 0.233. The molecule has 4 nitrogen and oxygen atoms in total. The Morgan fingerprint density at radius 2 is 2.16 bits per heavy atom. The Bertz CT molecular complexity index is 574. The summed E-state index contributed by atoms with van der Waals surface area (Å²) >= 11 is 1.48. The number of aryl methyl sites for hydroxylation is 1. The highest BCUT2D eigenvalue weighted by Gasteiger charge is 2.30. The molecule has 2 aromatic rings. The Hall–Kier alpha value is -1.96. The quantitative estimate of drug-likeness (QED) is 0.695. The van der Waals surface area contributed by atoms with Gasteiger partial charge in [0.25, 0.3) is 0 Å². The normalized spacial score (nSPS) is 12.0. The lowest BCUT2D eigenvalue weighted by molar-refractivity contribution is -0.137. The summed E-state index contributed by atoms with van der Waals surface area (Å²) in [7, 11) is 0. The Balaban J connectivity index is 1.98. The molecule has 0 aromatic carbocycles. The van der Waals surface area contributed by atoms with E-state index in [4.69, 9.17) is 0 Å². The summed E-state index contributed by atoms with van der Waals surface area (Å²) in [6.45, 7) is 1.87. The molecule has 0 aliphatic heterocycles. The van der Waals surface area contributed by atoms with Crippen molar-refractivity contribution < 1.29 is 13.2 Å². The van der Waals surface area contributed by atoms with Crippen molar-refractivity contribution >= 4 is 23.4 Å². The summed E-state index contributed by atoms with van der Waals surface area (Å²) in [5, 5.41) is 6.57. The number of hydrogen-bond acceptors (Lipinski definition) is 5. The fourth-order valence-corrected chi connectivity index (χ4v) is 1.79. The minimum atomic E-state index is -4.38. The minimum Gasteiger partial charge on any atom is -0.261 e. The zero-order valence-electron chi connectivity index (χ0n) is 9.77. The van der Waals surface area contributed by atoms with Crippen LogP contribution in [0.4, 0.5) is 19.0 Å². The van der Waals surface area contributed by atoms with Gasteiger partial charge in [-0.05, 0) is 19.1 Å². The number of hydrogen-bond donors (Lipinski definition) is 1. The molecule has 19 heavy (non-hydrogen) atoms. The van der Waals surface area contributed by atoms with E-state index < -0.39 is 11.7 Å². The maximum absolute atomic E-state index is 12.3. The number of thiazole rings is 1. The van der Waals surface area contributed by atoms with Gasteiger partial charge in [0.2, 0.25) is 0 Å². The first-order valence-electron chi connectivity index (χ1n) is 5.19. The molecule has 2 rings (SSSR count). The summed E-state index contributed by atoms with van der Waals surface area (Å²) in [5.74, 6) is 0.233. The molecule has 0 aliphatic carbocycles. The number of nitrogens with one attached hydrogen (secondary N) is 1. The number of rotatable bonds is 3. The molecule has 2 heterocycles. The Labute approximate surface area is 111 Å². The van der Waals surface area contributed by atoms with Crippen LogP contribution in [0, 0.1) is 6.92 Å². The van der Waals surface area contributed by atoms with E-state index in [0.29, 0.717) is 5.69 Å². The second-order valence-corrected chi connectivity index (χ2v) is 4.65. The lowest BCUT2D eigenvalue weighted by atomic mass is 10.3. The van der Waals surface area contributed by atoms with Crippen molar-refractivity contribution in [3.8, 4) is 0 Å². The number of hydrazone groups is 1. The summed E-state index contributed by atoms with van der Waals surface area (Å²) in [4.78, 5) is 7.77. The van der Waals surface area contributed by atoms with Crippen LogP contribution in [0.25, 0.3) is 0 Å². The van der Waals surface area contributed by atoms with Crippen molar-refractivity contribution in [2.45, 2.75) is 13.1 Å². The molecule has 0 radical (unpaired) electrons. The number of halogens is 3. The summed E-state index contributed by atoms with van der Waals surface area (Å²) in [6, 6.07) is 2.16. The number of anilines is 1. The Morgan fingerprint density at radius 3 is 2.68 bits per heavy atom. The van der Waals surface area contributed by atoms with Crippen molar-refractivity contribution in [1.29, 1.82) is 0 Å². The number of nitrogens with zero attached hydrogens (tertiary/aromatic N) is 3. The molecular formula is C11H9F3N4S. The highest BCUT2D eigenvalue weighted by atomic mass is 32.1. The predicted molar refractivity (Wildman–Crippen MR) is 67.3 cm³/mol. The molecule has 0 spiro atoms. The largest absolute Gasteiger partial charge is 0.417 e. The molecule has 0 fully saturated rings. The molecule has 0 unspecified atom stereocenters. The molecular weight excluding hydrogens is 277 g/mol. The second kappa shape index (κ2) is 5.35. The van der Waals surface area contributed by atoms with Gasteiger partial charge < -0.3 is 0 Å². The van der Waals surface area contributed by atoms with Crippen molar-refractivity contribution in [3.05, 3.63) is 40.0 Å². The van der Waals surface area contributed by atoms with Gasteiger partial charge in [-0.25, -0.2) is 9.97 Å². The van der Waals surface area contributed by atoms with Crippen molar-refractivity contribution in [1.82, 2.24) is 9.97 Å². The zero-order valence-corrected chi connectivity index (χ0v) is 10.6. The van der Waals surface area contributed by atoms with Gasteiger partial charge in [-0.2, -0.15) is 18.3 Å². The highest BCUT2D eigenvalue weighted by Crippen LogP contribution is 2.28. The van der Waals surface area contributed by atoms with Gasteiger partial charge in [-0.3, -0.25) is 5.43 Å². The third-order valence-electron chi connectivity index (χ3n) is 2.10. The fraction of sp³-hybridized carbons (Fsp3) is 0.182. The van der Waals surface area contributed by atoms with Gasteiger partial charge in [0, 0.05) is 11.6 Å². The predicted octanol–water partition coefficient (Wildman–Crippen LogP) is 3.31. The van der Waals surface area contributed by atoms with Crippen molar-refractivity contribution in [2.75, 3.05) is 5.43 Å². The third-order valence-corrected chi connectivity index (χ3v) is 2.90. The maximum atomic E-state index is 12.3.